The quantitative estimate of drug-likeness (QED) is 0.426. The molecule has 0 radical (unpaired) electrons. The smallest absolute Gasteiger partial charge is 0.346 e. The summed E-state index contributed by atoms with van der Waals surface area (Å²) in [6, 6.07) is 9.76. The fourth-order valence-electron chi connectivity index (χ4n) is 3.12. The van der Waals surface area contributed by atoms with Crippen LogP contribution in [0.5, 0.6) is 11.5 Å². The lowest BCUT2D eigenvalue weighted by atomic mass is 10.1. The number of esters is 1. The number of hydrogen-bond acceptors (Lipinski definition) is 8. The number of nitrogens with zero attached hydrogens (tertiary/aromatic N) is 1. The molecule has 0 saturated carbocycles. The van der Waals surface area contributed by atoms with Gasteiger partial charge in [0.15, 0.2) is 6.10 Å². The van der Waals surface area contributed by atoms with Crippen LogP contribution in [-0.4, -0.2) is 41.9 Å². The molecule has 1 amide bonds. The van der Waals surface area contributed by atoms with E-state index in [0.717, 1.165) is 43.4 Å². The van der Waals surface area contributed by atoms with Crippen molar-refractivity contribution in [2.75, 3.05) is 25.5 Å². The summed E-state index contributed by atoms with van der Waals surface area (Å²) in [4.78, 5) is 23.9. The third-order valence-electron chi connectivity index (χ3n) is 4.90. The van der Waals surface area contributed by atoms with Gasteiger partial charge in [-0.3, -0.25) is 4.79 Å². The van der Waals surface area contributed by atoms with Crippen LogP contribution in [-0.2, 0) is 16.1 Å². The molecule has 0 spiro atoms. The molecule has 1 aliphatic heterocycles. The summed E-state index contributed by atoms with van der Waals surface area (Å²) in [5.41, 5.74) is 4.83. The number of halogens is 1. The van der Waals surface area contributed by atoms with E-state index in [4.69, 9.17) is 14.2 Å². The molecule has 3 rings (SSSR count). The molecule has 1 saturated heterocycles. The fourth-order valence-corrected chi connectivity index (χ4v) is 3.85. The van der Waals surface area contributed by atoms with E-state index in [9.17, 15) is 14.0 Å². The summed E-state index contributed by atoms with van der Waals surface area (Å²) in [5, 5.41) is 2.18. The lowest BCUT2D eigenvalue weighted by molar-refractivity contribution is -0.147. The number of carbonyl (C=O) groups excluding carboxylic acids is 2. The highest BCUT2D eigenvalue weighted by atomic mass is 32.2. The standard InChI is InChI=1S/C23H28FN3O5S/c1-15-6-7-17(21(12-15)32-16(2)22(28)30-3)14-31-18-8-9-20(19(24)13-18)26-23(29)33-27-11-5-4-10-25-27/h6-9,12-13,16,25H,4-5,10-11,14H2,1-3H3,(H,26,29). The Morgan fingerprint density at radius 3 is 2.76 bits per heavy atom. The van der Waals surface area contributed by atoms with Crippen LogP contribution in [0.3, 0.4) is 0 Å². The minimum absolute atomic E-state index is 0.0723. The van der Waals surface area contributed by atoms with Crippen molar-refractivity contribution in [1.29, 1.82) is 0 Å². The first kappa shape index (κ1) is 24.8. The summed E-state index contributed by atoms with van der Waals surface area (Å²) < 4.78 is 32.4. The number of hydrazine groups is 1. The van der Waals surface area contributed by atoms with Gasteiger partial charge in [-0.05, 0) is 50.5 Å². The van der Waals surface area contributed by atoms with E-state index in [-0.39, 0.29) is 17.5 Å². The second-order valence-corrected chi connectivity index (χ2v) is 8.54. The fraction of sp³-hybridized carbons (Fsp3) is 0.391. The summed E-state index contributed by atoms with van der Waals surface area (Å²) in [6.45, 7) is 5.17. The maximum Gasteiger partial charge on any atom is 0.346 e. The van der Waals surface area contributed by atoms with Gasteiger partial charge in [0.2, 0.25) is 0 Å². The molecule has 178 valence electrons. The first-order chi connectivity index (χ1) is 15.9. The molecular weight excluding hydrogens is 449 g/mol. The summed E-state index contributed by atoms with van der Waals surface area (Å²) in [7, 11) is 1.30. The normalized spacial score (nSPS) is 14.9. The van der Waals surface area contributed by atoms with Crippen molar-refractivity contribution >= 4 is 28.8 Å². The predicted molar refractivity (Wildman–Crippen MR) is 125 cm³/mol. The lowest BCUT2D eigenvalue weighted by Gasteiger charge is -2.25. The Balaban J connectivity index is 1.60. The van der Waals surface area contributed by atoms with Crippen molar-refractivity contribution in [2.24, 2.45) is 0 Å². The molecule has 8 nitrogen and oxygen atoms in total. The minimum Gasteiger partial charge on any atom is -0.489 e. The Kier molecular flexibility index (Phi) is 8.93. The van der Waals surface area contributed by atoms with Crippen molar-refractivity contribution in [3.8, 4) is 11.5 Å². The molecule has 10 heteroatoms. The maximum absolute atomic E-state index is 14.5. The molecule has 33 heavy (non-hydrogen) atoms. The molecule has 2 N–H and O–H groups in total. The highest BCUT2D eigenvalue weighted by molar-refractivity contribution is 8.11. The Hall–Kier alpha value is -2.82. The van der Waals surface area contributed by atoms with Crippen LogP contribution < -0.4 is 20.2 Å². The van der Waals surface area contributed by atoms with Gasteiger partial charge < -0.3 is 19.5 Å². The Labute approximate surface area is 196 Å². The number of benzene rings is 2. The monoisotopic (exact) mass is 477 g/mol. The zero-order valence-corrected chi connectivity index (χ0v) is 19.7. The predicted octanol–water partition coefficient (Wildman–Crippen LogP) is 4.43. The number of hydrogen-bond donors (Lipinski definition) is 2. The van der Waals surface area contributed by atoms with E-state index in [2.05, 4.69) is 10.7 Å². The van der Waals surface area contributed by atoms with E-state index in [0.29, 0.717) is 17.1 Å². The third-order valence-corrected chi connectivity index (χ3v) is 5.70. The average molecular weight is 478 g/mol. The molecule has 1 unspecified atom stereocenters. The van der Waals surface area contributed by atoms with E-state index in [1.54, 1.807) is 23.5 Å². The van der Waals surface area contributed by atoms with Gasteiger partial charge in [-0.15, -0.1) is 0 Å². The molecule has 0 aromatic heterocycles. The molecule has 0 bridgehead atoms. The summed E-state index contributed by atoms with van der Waals surface area (Å²) >= 11 is 0.974. The highest BCUT2D eigenvalue weighted by Gasteiger charge is 2.18. The molecule has 1 heterocycles. The van der Waals surface area contributed by atoms with Gasteiger partial charge in [0.1, 0.15) is 23.9 Å². The number of carbonyl (C=O) groups is 2. The van der Waals surface area contributed by atoms with Crippen LogP contribution >= 0.6 is 11.9 Å². The van der Waals surface area contributed by atoms with Crippen molar-refractivity contribution in [1.82, 2.24) is 9.84 Å². The Morgan fingerprint density at radius 2 is 2.06 bits per heavy atom. The lowest BCUT2D eigenvalue weighted by Crippen LogP contribution is -2.39. The van der Waals surface area contributed by atoms with E-state index >= 15 is 0 Å². The van der Waals surface area contributed by atoms with Crippen molar-refractivity contribution in [3.05, 3.63) is 53.3 Å². The number of amides is 1. The molecule has 0 aliphatic carbocycles. The maximum atomic E-state index is 14.5. The van der Waals surface area contributed by atoms with Gasteiger partial charge in [0.05, 0.1) is 12.8 Å². The van der Waals surface area contributed by atoms with Crippen LogP contribution in [0.25, 0.3) is 0 Å². The number of rotatable bonds is 8. The average Bonchev–Trinajstić information content (AvgIpc) is 2.80. The van der Waals surface area contributed by atoms with E-state index < -0.39 is 17.9 Å². The van der Waals surface area contributed by atoms with Crippen LogP contribution in [0, 0.1) is 12.7 Å². The molecular formula is C23H28FN3O5S. The minimum atomic E-state index is -0.783. The Bertz CT molecular complexity index is 985. The largest absolute Gasteiger partial charge is 0.489 e. The molecule has 1 fully saturated rings. The highest BCUT2D eigenvalue weighted by Crippen LogP contribution is 2.26. The molecule has 2 aromatic rings. The number of aryl methyl sites for hydroxylation is 1. The number of ether oxygens (including phenoxy) is 3. The summed E-state index contributed by atoms with van der Waals surface area (Å²) in [6.07, 6.45) is 1.28. The van der Waals surface area contributed by atoms with Gasteiger partial charge in [0.25, 0.3) is 5.24 Å². The molecule has 1 aliphatic rings. The van der Waals surface area contributed by atoms with Crippen LogP contribution in [0.15, 0.2) is 36.4 Å². The Morgan fingerprint density at radius 1 is 1.24 bits per heavy atom. The second-order valence-electron chi connectivity index (χ2n) is 7.55. The first-order valence-corrected chi connectivity index (χ1v) is 11.4. The van der Waals surface area contributed by atoms with E-state index in [1.165, 1.54) is 19.2 Å². The first-order valence-electron chi connectivity index (χ1n) is 10.6. The van der Waals surface area contributed by atoms with Crippen molar-refractivity contribution in [3.63, 3.8) is 0 Å². The van der Waals surface area contributed by atoms with Crippen LogP contribution in [0.2, 0.25) is 0 Å². The number of anilines is 1. The molecule has 2 aromatic carbocycles. The SMILES string of the molecule is COC(=O)C(C)Oc1cc(C)ccc1COc1ccc(NC(=O)SN2CCCCN2)c(F)c1. The topological polar surface area (TPSA) is 89.1 Å². The molecule has 1 atom stereocenters. The third kappa shape index (κ3) is 7.34. The number of nitrogens with one attached hydrogen (secondary N) is 2. The van der Waals surface area contributed by atoms with E-state index in [1.807, 2.05) is 19.1 Å². The summed E-state index contributed by atoms with van der Waals surface area (Å²) in [5.74, 6) is -0.311. The van der Waals surface area contributed by atoms with Crippen molar-refractivity contribution in [2.45, 2.75) is 39.4 Å². The zero-order chi connectivity index (χ0) is 23.8. The van der Waals surface area contributed by atoms with Crippen LogP contribution in [0.1, 0.15) is 30.9 Å². The van der Waals surface area contributed by atoms with Gasteiger partial charge in [-0.25, -0.2) is 14.6 Å². The second kappa shape index (κ2) is 11.9. The zero-order valence-electron chi connectivity index (χ0n) is 18.9. The van der Waals surface area contributed by atoms with Gasteiger partial charge >= 0.3 is 5.97 Å². The number of methoxy groups -OCH3 is 1. The van der Waals surface area contributed by atoms with Crippen LogP contribution in [0.4, 0.5) is 14.9 Å². The van der Waals surface area contributed by atoms with Gasteiger partial charge in [-0.2, -0.15) is 4.41 Å². The van der Waals surface area contributed by atoms with Gasteiger partial charge in [0, 0.05) is 36.7 Å². The van der Waals surface area contributed by atoms with Crippen molar-refractivity contribution < 1.29 is 28.2 Å². The van der Waals surface area contributed by atoms with Gasteiger partial charge in [-0.1, -0.05) is 12.1 Å².